The lowest BCUT2D eigenvalue weighted by Gasteiger charge is -2.21. The molecular weight excluding hydrogens is 433 g/mol. The van der Waals surface area contributed by atoms with Crippen molar-refractivity contribution < 1.29 is 18.0 Å². The van der Waals surface area contributed by atoms with Crippen molar-refractivity contribution in [3.05, 3.63) is 69.6 Å². The van der Waals surface area contributed by atoms with E-state index in [1.54, 1.807) is 26.1 Å². The maximum atomic E-state index is 13.8. The van der Waals surface area contributed by atoms with E-state index < -0.39 is 28.6 Å². The number of benzene rings is 1. The fourth-order valence-corrected chi connectivity index (χ4v) is 3.47. The van der Waals surface area contributed by atoms with Gasteiger partial charge >= 0.3 is 6.18 Å². The number of nitrogens with zero attached hydrogens (tertiary/aromatic N) is 2. The Morgan fingerprint density at radius 2 is 1.76 bits per heavy atom. The van der Waals surface area contributed by atoms with Crippen LogP contribution in [0.1, 0.15) is 43.9 Å². The molecule has 2 heterocycles. The first-order valence-electron chi connectivity index (χ1n) is 10.5. The van der Waals surface area contributed by atoms with Crippen molar-refractivity contribution >= 4 is 5.91 Å². The van der Waals surface area contributed by atoms with Crippen molar-refractivity contribution in [2.24, 2.45) is 11.1 Å². The number of nitrogens with one attached hydrogen (secondary N) is 1. The third kappa shape index (κ3) is 5.66. The number of H-pyrrole nitrogens is 1. The van der Waals surface area contributed by atoms with Crippen molar-refractivity contribution in [3.8, 4) is 22.8 Å². The van der Waals surface area contributed by atoms with Crippen LogP contribution in [0.3, 0.4) is 0 Å². The number of pyridine rings is 1. The summed E-state index contributed by atoms with van der Waals surface area (Å²) in [5, 5.41) is 0. The van der Waals surface area contributed by atoms with Crippen LogP contribution in [0.2, 0.25) is 0 Å². The van der Waals surface area contributed by atoms with Gasteiger partial charge in [0, 0.05) is 23.2 Å². The maximum absolute atomic E-state index is 13.8. The van der Waals surface area contributed by atoms with Crippen molar-refractivity contribution in [1.82, 2.24) is 15.0 Å². The fourth-order valence-electron chi connectivity index (χ4n) is 3.47. The van der Waals surface area contributed by atoms with Crippen molar-refractivity contribution in [3.63, 3.8) is 0 Å². The second kappa shape index (κ2) is 9.17. The van der Waals surface area contributed by atoms with Crippen LogP contribution >= 0.6 is 0 Å². The maximum Gasteiger partial charge on any atom is 0.417 e. The monoisotopic (exact) mass is 458 g/mol. The molecule has 9 heteroatoms. The highest BCUT2D eigenvalue weighted by Gasteiger charge is 2.35. The average Bonchev–Trinajstić information content (AvgIpc) is 2.73. The molecule has 0 saturated heterocycles. The minimum Gasteiger partial charge on any atom is -0.369 e. The average molecular weight is 458 g/mol. The number of primary amides is 1. The number of hydrogen-bond donors (Lipinski definition) is 2. The summed E-state index contributed by atoms with van der Waals surface area (Å²) >= 11 is 0. The molecule has 33 heavy (non-hydrogen) atoms. The lowest BCUT2D eigenvalue weighted by molar-refractivity contribution is -0.137. The summed E-state index contributed by atoms with van der Waals surface area (Å²) in [7, 11) is 0. The number of aromatic nitrogens is 3. The zero-order valence-corrected chi connectivity index (χ0v) is 18.6. The topological polar surface area (TPSA) is 102 Å². The van der Waals surface area contributed by atoms with Gasteiger partial charge in [-0.25, -0.2) is 4.98 Å². The van der Waals surface area contributed by atoms with Gasteiger partial charge in [0.05, 0.1) is 17.0 Å². The van der Waals surface area contributed by atoms with Gasteiger partial charge in [0.2, 0.25) is 5.91 Å². The molecule has 3 N–H and O–H groups in total. The van der Waals surface area contributed by atoms with E-state index >= 15 is 0 Å². The number of alkyl halides is 3. The summed E-state index contributed by atoms with van der Waals surface area (Å²) in [6.07, 6.45) is -1.11. The Balaban J connectivity index is 2.13. The molecule has 0 radical (unpaired) electrons. The van der Waals surface area contributed by atoms with Gasteiger partial charge in [-0.3, -0.25) is 14.6 Å². The van der Waals surface area contributed by atoms with Gasteiger partial charge in [-0.1, -0.05) is 39.3 Å². The summed E-state index contributed by atoms with van der Waals surface area (Å²) in [5.74, 6) is -0.807. The minimum atomic E-state index is -4.68. The predicted molar refractivity (Wildman–Crippen MR) is 119 cm³/mol. The summed E-state index contributed by atoms with van der Waals surface area (Å²) in [5.41, 5.74) is 4.60. The van der Waals surface area contributed by atoms with Crippen LogP contribution in [0.4, 0.5) is 13.2 Å². The van der Waals surface area contributed by atoms with Gasteiger partial charge in [0.25, 0.3) is 5.56 Å². The lowest BCUT2D eigenvalue weighted by Crippen LogP contribution is -2.33. The molecular formula is C24H25F3N4O2. The molecule has 1 amide bonds. The second-order valence-electron chi connectivity index (χ2n) is 8.58. The highest BCUT2D eigenvalue weighted by atomic mass is 19.4. The molecule has 0 aliphatic carbocycles. The third-order valence-corrected chi connectivity index (χ3v) is 5.33. The number of hydrogen-bond acceptors (Lipinski definition) is 4. The molecule has 0 saturated carbocycles. The molecule has 2 aromatic heterocycles. The van der Waals surface area contributed by atoms with Crippen LogP contribution in [-0.4, -0.2) is 20.9 Å². The van der Waals surface area contributed by atoms with E-state index in [1.165, 1.54) is 18.2 Å². The molecule has 0 fully saturated rings. The van der Waals surface area contributed by atoms with E-state index in [2.05, 4.69) is 15.0 Å². The van der Waals surface area contributed by atoms with Crippen molar-refractivity contribution in [2.45, 2.75) is 46.2 Å². The normalized spacial score (nSPS) is 12.1. The number of carbonyl (C=O) groups is 1. The van der Waals surface area contributed by atoms with Crippen LogP contribution in [0.5, 0.6) is 0 Å². The Hall–Kier alpha value is -3.49. The molecule has 0 aliphatic heterocycles. The largest absolute Gasteiger partial charge is 0.417 e. The Kier molecular flexibility index (Phi) is 6.71. The van der Waals surface area contributed by atoms with E-state index in [9.17, 15) is 22.8 Å². The van der Waals surface area contributed by atoms with Crippen LogP contribution < -0.4 is 11.3 Å². The van der Waals surface area contributed by atoms with Gasteiger partial charge in [0.1, 0.15) is 5.82 Å². The minimum absolute atomic E-state index is 0.123. The van der Waals surface area contributed by atoms with Gasteiger partial charge in [-0.15, -0.1) is 0 Å². The summed E-state index contributed by atoms with van der Waals surface area (Å²) < 4.78 is 41.3. The number of amides is 1. The van der Waals surface area contributed by atoms with E-state index in [-0.39, 0.29) is 23.5 Å². The number of rotatable bonds is 7. The highest BCUT2D eigenvalue weighted by molar-refractivity contribution is 5.80. The SMILES string of the molecule is CCCc1ccc(-c2cc(=O)[nH]c(-c3cc(CC(C)(C)C(N)=O)ccc3C(F)(F)F)n2)nc1. The van der Waals surface area contributed by atoms with E-state index in [0.717, 1.165) is 24.5 Å². The molecule has 6 nitrogen and oxygen atoms in total. The first kappa shape index (κ1) is 24.2. The molecule has 174 valence electrons. The molecule has 0 bridgehead atoms. The highest BCUT2D eigenvalue weighted by Crippen LogP contribution is 2.37. The zero-order chi connectivity index (χ0) is 24.4. The number of aryl methyl sites for hydroxylation is 1. The second-order valence-corrected chi connectivity index (χ2v) is 8.58. The van der Waals surface area contributed by atoms with Crippen LogP contribution in [-0.2, 0) is 23.8 Å². The summed E-state index contributed by atoms with van der Waals surface area (Å²) in [6, 6.07) is 8.24. The first-order chi connectivity index (χ1) is 15.4. The van der Waals surface area contributed by atoms with Gasteiger partial charge in [0.15, 0.2) is 0 Å². The predicted octanol–water partition coefficient (Wildman–Crippen LogP) is 4.52. The Bertz CT molecular complexity index is 1220. The molecule has 1 aromatic carbocycles. The lowest BCUT2D eigenvalue weighted by atomic mass is 9.84. The first-order valence-corrected chi connectivity index (χ1v) is 10.5. The number of nitrogens with two attached hydrogens (primary N) is 1. The van der Waals surface area contributed by atoms with Crippen LogP contribution in [0, 0.1) is 5.41 Å². The Morgan fingerprint density at radius 3 is 2.33 bits per heavy atom. The van der Waals surface area contributed by atoms with Crippen molar-refractivity contribution in [2.75, 3.05) is 0 Å². The van der Waals surface area contributed by atoms with E-state index in [4.69, 9.17) is 5.73 Å². The quantitative estimate of drug-likeness (QED) is 0.543. The number of aromatic amines is 1. The number of carbonyl (C=O) groups excluding carboxylic acids is 1. The van der Waals surface area contributed by atoms with Gasteiger partial charge < -0.3 is 10.7 Å². The Labute approximate surface area is 189 Å². The molecule has 3 rings (SSSR count). The third-order valence-electron chi connectivity index (χ3n) is 5.33. The van der Waals surface area contributed by atoms with Crippen molar-refractivity contribution in [1.29, 1.82) is 0 Å². The zero-order valence-electron chi connectivity index (χ0n) is 18.6. The fraction of sp³-hybridized carbons (Fsp3) is 0.333. The van der Waals surface area contributed by atoms with Crippen LogP contribution in [0.15, 0.2) is 47.4 Å². The Morgan fingerprint density at radius 1 is 1.06 bits per heavy atom. The summed E-state index contributed by atoms with van der Waals surface area (Å²) in [4.78, 5) is 35.0. The van der Waals surface area contributed by atoms with E-state index in [1.807, 2.05) is 13.0 Å². The molecule has 0 spiro atoms. The van der Waals surface area contributed by atoms with Gasteiger partial charge in [-0.2, -0.15) is 13.2 Å². The molecule has 0 aliphatic rings. The molecule has 0 unspecified atom stereocenters. The number of halogens is 3. The molecule has 0 atom stereocenters. The van der Waals surface area contributed by atoms with E-state index in [0.29, 0.717) is 11.3 Å². The standard InChI is InChI=1S/C24H25F3N4O2/c1-4-5-14-7-9-18(29-13-14)19-11-20(32)31-21(30-19)16-10-15(12-23(2,3)22(28)33)6-8-17(16)24(25,26)27/h6-11,13H,4-5,12H2,1-3H3,(H2,28,33)(H,30,31,32). The molecule has 3 aromatic rings. The van der Waals surface area contributed by atoms with Gasteiger partial charge in [-0.05, 0) is 42.2 Å². The summed E-state index contributed by atoms with van der Waals surface area (Å²) in [6.45, 7) is 5.26. The van der Waals surface area contributed by atoms with Crippen LogP contribution in [0.25, 0.3) is 22.8 Å². The smallest absolute Gasteiger partial charge is 0.369 e.